The van der Waals surface area contributed by atoms with Gasteiger partial charge in [0.25, 0.3) is 0 Å². The minimum Gasteiger partial charge on any atom is -0.310 e. The molecular formula is C12H19N3S. The topological polar surface area (TPSA) is 40.7 Å². The predicted molar refractivity (Wildman–Crippen MR) is 67.9 cm³/mol. The van der Waals surface area contributed by atoms with E-state index in [1.165, 1.54) is 42.0 Å². The lowest BCUT2D eigenvalue weighted by molar-refractivity contribution is 0.391. The number of hydrogen-bond acceptors (Lipinski definition) is 3. The van der Waals surface area contributed by atoms with E-state index in [-0.39, 0.29) is 0 Å². The zero-order chi connectivity index (χ0) is 10.8. The van der Waals surface area contributed by atoms with Crippen LogP contribution >= 0.6 is 11.8 Å². The molecule has 1 saturated heterocycles. The molecule has 2 atom stereocenters. The number of rotatable bonds is 2. The molecule has 1 aliphatic carbocycles. The third kappa shape index (κ3) is 2.28. The molecule has 0 spiro atoms. The Hall–Kier alpha value is -0.480. The zero-order valence-electron chi connectivity index (χ0n) is 9.54. The summed E-state index contributed by atoms with van der Waals surface area (Å²) in [5.41, 5.74) is 2.78. The normalized spacial score (nSPS) is 30.0. The van der Waals surface area contributed by atoms with E-state index in [4.69, 9.17) is 0 Å². The number of nitrogens with zero attached hydrogens (tertiary/aromatic N) is 1. The summed E-state index contributed by atoms with van der Waals surface area (Å²) in [5.74, 6) is 2.66. The first-order chi connectivity index (χ1) is 7.92. The largest absolute Gasteiger partial charge is 0.310 e. The van der Waals surface area contributed by atoms with Crippen molar-refractivity contribution >= 4 is 11.8 Å². The summed E-state index contributed by atoms with van der Waals surface area (Å²) in [5, 5.41) is 11.1. The molecule has 2 unspecified atom stereocenters. The summed E-state index contributed by atoms with van der Waals surface area (Å²) in [7, 11) is 0. The van der Waals surface area contributed by atoms with Crippen LogP contribution in [0, 0.1) is 0 Å². The standard InChI is InChI=1S/C12H19N3S/c1-2-11(8-16-5-1)14-10-3-4-12-9(6-10)7-13-15-12/h7,10-11,14H,1-6,8H2,(H,13,15). The number of H-pyrrole nitrogens is 1. The fourth-order valence-corrected chi connectivity index (χ4v) is 3.85. The van der Waals surface area contributed by atoms with Crippen molar-refractivity contribution in [2.75, 3.05) is 11.5 Å². The van der Waals surface area contributed by atoms with Gasteiger partial charge in [-0.15, -0.1) is 0 Å². The summed E-state index contributed by atoms with van der Waals surface area (Å²) < 4.78 is 0. The second-order valence-corrected chi connectivity index (χ2v) is 6.04. The molecule has 0 aromatic carbocycles. The van der Waals surface area contributed by atoms with Crippen LogP contribution in [0.1, 0.15) is 30.5 Å². The smallest absolute Gasteiger partial charge is 0.0522 e. The zero-order valence-corrected chi connectivity index (χ0v) is 10.4. The third-order valence-corrected chi connectivity index (χ3v) is 4.86. The predicted octanol–water partition coefficient (Wildman–Crippen LogP) is 1.75. The van der Waals surface area contributed by atoms with Gasteiger partial charge in [-0.2, -0.15) is 16.9 Å². The molecule has 1 aromatic rings. The number of nitrogens with one attached hydrogen (secondary N) is 2. The molecule has 1 aliphatic heterocycles. The van der Waals surface area contributed by atoms with E-state index in [0.29, 0.717) is 6.04 Å². The fraction of sp³-hybridized carbons (Fsp3) is 0.750. The van der Waals surface area contributed by atoms with E-state index in [9.17, 15) is 0 Å². The molecule has 0 bridgehead atoms. The van der Waals surface area contributed by atoms with Crippen molar-refractivity contribution in [3.63, 3.8) is 0 Å². The van der Waals surface area contributed by atoms with E-state index < -0.39 is 0 Å². The molecule has 16 heavy (non-hydrogen) atoms. The summed E-state index contributed by atoms with van der Waals surface area (Å²) in [6.07, 6.45) is 8.32. The van der Waals surface area contributed by atoms with Crippen LogP contribution in [0.4, 0.5) is 0 Å². The van der Waals surface area contributed by atoms with Crippen LogP contribution < -0.4 is 5.32 Å². The van der Waals surface area contributed by atoms with Gasteiger partial charge in [0.05, 0.1) is 6.20 Å². The molecule has 1 aromatic heterocycles. The second-order valence-electron chi connectivity index (χ2n) is 4.89. The van der Waals surface area contributed by atoms with Gasteiger partial charge in [-0.3, -0.25) is 5.10 Å². The number of aromatic amines is 1. The summed E-state index contributed by atoms with van der Waals surface area (Å²) in [4.78, 5) is 0. The first kappa shape index (κ1) is 10.7. The van der Waals surface area contributed by atoms with Gasteiger partial charge in [-0.25, -0.2) is 0 Å². The van der Waals surface area contributed by atoms with E-state index in [2.05, 4.69) is 27.3 Å². The van der Waals surface area contributed by atoms with Gasteiger partial charge in [-0.1, -0.05) is 0 Å². The van der Waals surface area contributed by atoms with E-state index >= 15 is 0 Å². The Bertz CT molecular complexity index is 344. The molecule has 2 heterocycles. The Morgan fingerprint density at radius 2 is 2.38 bits per heavy atom. The van der Waals surface area contributed by atoms with E-state index in [1.54, 1.807) is 0 Å². The van der Waals surface area contributed by atoms with Crippen LogP contribution in [0.15, 0.2) is 6.20 Å². The highest BCUT2D eigenvalue weighted by Gasteiger charge is 2.23. The summed E-state index contributed by atoms with van der Waals surface area (Å²) in [6.45, 7) is 0. The van der Waals surface area contributed by atoms with Gasteiger partial charge in [0.2, 0.25) is 0 Å². The van der Waals surface area contributed by atoms with Gasteiger partial charge in [0.1, 0.15) is 0 Å². The first-order valence-corrected chi connectivity index (χ1v) is 7.42. The molecule has 2 N–H and O–H groups in total. The number of fused-ring (bicyclic) bond motifs is 1. The number of aromatic nitrogens is 2. The van der Waals surface area contributed by atoms with Crippen LogP contribution in [0.3, 0.4) is 0 Å². The van der Waals surface area contributed by atoms with Crippen molar-refractivity contribution < 1.29 is 0 Å². The third-order valence-electron chi connectivity index (χ3n) is 3.65. The Labute approximate surface area is 101 Å². The van der Waals surface area contributed by atoms with Gasteiger partial charge < -0.3 is 5.32 Å². The molecule has 1 fully saturated rings. The maximum atomic E-state index is 4.13. The van der Waals surface area contributed by atoms with E-state index in [1.807, 2.05) is 6.20 Å². The lowest BCUT2D eigenvalue weighted by Gasteiger charge is -2.30. The van der Waals surface area contributed by atoms with Crippen LogP contribution in [-0.4, -0.2) is 33.8 Å². The van der Waals surface area contributed by atoms with Crippen molar-refractivity contribution in [1.82, 2.24) is 15.5 Å². The quantitative estimate of drug-likeness (QED) is 0.823. The van der Waals surface area contributed by atoms with Crippen molar-refractivity contribution in [3.8, 4) is 0 Å². The second kappa shape index (κ2) is 4.80. The molecule has 0 radical (unpaired) electrons. The van der Waals surface area contributed by atoms with Crippen molar-refractivity contribution in [2.45, 2.75) is 44.2 Å². The highest BCUT2D eigenvalue weighted by atomic mass is 32.2. The van der Waals surface area contributed by atoms with Crippen LogP contribution in [-0.2, 0) is 12.8 Å². The molecular weight excluding hydrogens is 218 g/mol. The Morgan fingerprint density at radius 3 is 3.25 bits per heavy atom. The van der Waals surface area contributed by atoms with Gasteiger partial charge >= 0.3 is 0 Å². The average molecular weight is 237 g/mol. The maximum Gasteiger partial charge on any atom is 0.0522 e. The van der Waals surface area contributed by atoms with Crippen LogP contribution in [0.5, 0.6) is 0 Å². The lowest BCUT2D eigenvalue weighted by atomic mass is 9.93. The molecule has 3 rings (SSSR count). The number of aryl methyl sites for hydroxylation is 1. The molecule has 2 aliphatic rings. The lowest BCUT2D eigenvalue weighted by Crippen LogP contribution is -2.43. The molecule has 88 valence electrons. The minimum absolute atomic E-state index is 0.675. The monoisotopic (exact) mass is 237 g/mol. The summed E-state index contributed by atoms with van der Waals surface area (Å²) in [6, 6.07) is 1.42. The van der Waals surface area contributed by atoms with E-state index in [0.717, 1.165) is 18.9 Å². The summed E-state index contributed by atoms with van der Waals surface area (Å²) >= 11 is 2.10. The van der Waals surface area contributed by atoms with Crippen molar-refractivity contribution in [1.29, 1.82) is 0 Å². The van der Waals surface area contributed by atoms with Gasteiger partial charge in [0.15, 0.2) is 0 Å². The Morgan fingerprint density at radius 1 is 1.38 bits per heavy atom. The number of hydrogen-bond donors (Lipinski definition) is 2. The fourth-order valence-electron chi connectivity index (χ4n) is 2.76. The maximum absolute atomic E-state index is 4.13. The average Bonchev–Trinajstić information content (AvgIpc) is 2.77. The van der Waals surface area contributed by atoms with Crippen LogP contribution in [0.25, 0.3) is 0 Å². The highest BCUT2D eigenvalue weighted by Crippen LogP contribution is 2.22. The van der Waals surface area contributed by atoms with Gasteiger partial charge in [-0.05, 0) is 43.4 Å². The number of thioether (sulfide) groups is 1. The minimum atomic E-state index is 0.675. The van der Waals surface area contributed by atoms with Crippen molar-refractivity contribution in [2.24, 2.45) is 0 Å². The SMILES string of the molecule is c1n[nH]c2c1CC(NC1CCCSC1)CC2. The Kier molecular flexibility index (Phi) is 3.20. The Balaban J connectivity index is 1.57. The molecule has 0 saturated carbocycles. The molecule has 4 heteroatoms. The molecule has 3 nitrogen and oxygen atoms in total. The van der Waals surface area contributed by atoms with Crippen molar-refractivity contribution in [3.05, 3.63) is 17.5 Å². The van der Waals surface area contributed by atoms with Crippen LogP contribution in [0.2, 0.25) is 0 Å². The highest BCUT2D eigenvalue weighted by molar-refractivity contribution is 7.99. The van der Waals surface area contributed by atoms with Gasteiger partial charge in [0, 0.05) is 23.5 Å². The molecule has 0 amide bonds. The first-order valence-electron chi connectivity index (χ1n) is 6.27.